The summed E-state index contributed by atoms with van der Waals surface area (Å²) in [5.41, 5.74) is 6.18. The summed E-state index contributed by atoms with van der Waals surface area (Å²) in [6.07, 6.45) is 0. The van der Waals surface area contributed by atoms with Crippen LogP contribution in [-0.4, -0.2) is 42.1 Å². The van der Waals surface area contributed by atoms with Gasteiger partial charge in [0.2, 0.25) is 5.91 Å². The molecular weight excluding hydrogens is 242 g/mol. The van der Waals surface area contributed by atoms with E-state index >= 15 is 0 Å². The third-order valence-corrected chi connectivity index (χ3v) is 3.18. The molecule has 0 spiro atoms. The Morgan fingerprint density at radius 2 is 1.89 bits per heavy atom. The number of hydrogen-bond acceptors (Lipinski definition) is 4. The van der Waals surface area contributed by atoms with Gasteiger partial charge in [-0.15, -0.1) is 0 Å². The largest absolute Gasteiger partial charge is 0.508 e. The number of carbonyl (C=O) groups is 1. The van der Waals surface area contributed by atoms with Crippen molar-refractivity contribution < 1.29 is 9.90 Å². The number of aromatic hydroxyl groups is 1. The van der Waals surface area contributed by atoms with Crippen LogP contribution in [0.1, 0.15) is 25.5 Å². The maximum atomic E-state index is 11.5. The van der Waals surface area contributed by atoms with Gasteiger partial charge in [-0.1, -0.05) is 26.0 Å². The number of amides is 1. The first kappa shape index (κ1) is 15.5. The fraction of sp³-hybridized carbons (Fsp3) is 0.500. The van der Waals surface area contributed by atoms with E-state index in [-0.39, 0.29) is 5.75 Å². The highest BCUT2D eigenvalue weighted by atomic mass is 16.3. The molecule has 0 fully saturated rings. The van der Waals surface area contributed by atoms with E-state index < -0.39 is 11.9 Å². The zero-order chi connectivity index (χ0) is 14.3. The maximum Gasteiger partial charge on any atom is 0.239 e. The molecule has 4 N–H and O–H groups in total. The molecule has 0 radical (unpaired) electrons. The number of phenolic OH excluding ortho intramolecular Hbond substituents is 1. The molecule has 0 aliphatic rings. The van der Waals surface area contributed by atoms with E-state index in [1.807, 2.05) is 0 Å². The van der Waals surface area contributed by atoms with Gasteiger partial charge in [0.1, 0.15) is 11.8 Å². The average Bonchev–Trinajstić information content (AvgIpc) is 2.40. The molecule has 1 amide bonds. The van der Waals surface area contributed by atoms with Crippen molar-refractivity contribution in [2.24, 2.45) is 5.73 Å². The third-order valence-electron chi connectivity index (χ3n) is 3.18. The van der Waals surface area contributed by atoms with Crippen molar-refractivity contribution >= 4 is 5.91 Å². The first-order chi connectivity index (χ1) is 9.08. The van der Waals surface area contributed by atoms with Gasteiger partial charge in [-0.05, 0) is 30.8 Å². The van der Waals surface area contributed by atoms with Crippen LogP contribution in [0.25, 0.3) is 0 Å². The second kappa shape index (κ2) is 7.76. The zero-order valence-electron chi connectivity index (χ0n) is 11.6. The van der Waals surface area contributed by atoms with Gasteiger partial charge in [0, 0.05) is 13.1 Å². The van der Waals surface area contributed by atoms with Gasteiger partial charge in [0.25, 0.3) is 0 Å². The zero-order valence-corrected chi connectivity index (χ0v) is 11.6. The summed E-state index contributed by atoms with van der Waals surface area (Å²) in [6.45, 7) is 7.74. The summed E-state index contributed by atoms with van der Waals surface area (Å²) in [5.74, 6) is -0.236. The Kier molecular flexibility index (Phi) is 6.32. The minimum atomic E-state index is -0.517. The molecule has 0 aliphatic carbocycles. The van der Waals surface area contributed by atoms with Crippen molar-refractivity contribution in [1.82, 2.24) is 10.2 Å². The van der Waals surface area contributed by atoms with Crippen LogP contribution in [0.5, 0.6) is 5.75 Å². The molecule has 1 aromatic rings. The lowest BCUT2D eigenvalue weighted by molar-refractivity contribution is -0.120. The molecule has 0 saturated heterocycles. The molecule has 0 bridgehead atoms. The van der Waals surface area contributed by atoms with Gasteiger partial charge in [-0.25, -0.2) is 0 Å². The molecule has 0 saturated carbocycles. The number of carbonyl (C=O) groups excluding carboxylic acids is 1. The Hall–Kier alpha value is -1.59. The number of nitrogens with one attached hydrogen (secondary N) is 1. The maximum absolute atomic E-state index is 11.5. The highest BCUT2D eigenvalue weighted by Crippen LogP contribution is 2.16. The van der Waals surface area contributed by atoms with Gasteiger partial charge >= 0.3 is 0 Å². The van der Waals surface area contributed by atoms with Crippen LogP contribution in [0.3, 0.4) is 0 Å². The molecule has 1 rings (SSSR count). The lowest BCUT2D eigenvalue weighted by Gasteiger charge is -2.21. The fourth-order valence-electron chi connectivity index (χ4n) is 1.96. The number of nitrogens with two attached hydrogens (primary N) is 1. The molecule has 106 valence electrons. The SMILES string of the molecule is CCN(CC)CCNC(C(N)=O)c1ccc(O)cc1. The van der Waals surface area contributed by atoms with E-state index in [0.29, 0.717) is 6.54 Å². The van der Waals surface area contributed by atoms with E-state index in [1.165, 1.54) is 0 Å². The molecule has 5 nitrogen and oxygen atoms in total. The summed E-state index contributed by atoms with van der Waals surface area (Å²) in [6, 6.07) is 6.00. The second-order valence-electron chi connectivity index (χ2n) is 4.41. The molecule has 0 heterocycles. The monoisotopic (exact) mass is 265 g/mol. The number of rotatable bonds is 8. The highest BCUT2D eigenvalue weighted by molar-refractivity contribution is 5.81. The molecule has 0 aromatic heterocycles. The molecule has 0 aliphatic heterocycles. The smallest absolute Gasteiger partial charge is 0.239 e. The lowest BCUT2D eigenvalue weighted by Crippen LogP contribution is -2.38. The molecule has 19 heavy (non-hydrogen) atoms. The number of hydrogen-bond donors (Lipinski definition) is 3. The Bertz CT molecular complexity index is 388. The van der Waals surface area contributed by atoms with Crippen LogP contribution in [0.4, 0.5) is 0 Å². The van der Waals surface area contributed by atoms with Crippen molar-refractivity contribution in [2.45, 2.75) is 19.9 Å². The third kappa shape index (κ3) is 4.89. The van der Waals surface area contributed by atoms with Gasteiger partial charge < -0.3 is 21.1 Å². The molecule has 1 unspecified atom stereocenters. The lowest BCUT2D eigenvalue weighted by atomic mass is 10.1. The van der Waals surface area contributed by atoms with Crippen LogP contribution in [0.15, 0.2) is 24.3 Å². The first-order valence-corrected chi connectivity index (χ1v) is 6.62. The van der Waals surface area contributed by atoms with E-state index in [0.717, 1.165) is 25.2 Å². The topological polar surface area (TPSA) is 78.6 Å². The first-order valence-electron chi connectivity index (χ1n) is 6.62. The molecule has 5 heteroatoms. The van der Waals surface area contributed by atoms with Crippen LogP contribution in [0, 0.1) is 0 Å². The van der Waals surface area contributed by atoms with E-state index in [9.17, 15) is 9.90 Å². The molecule has 1 atom stereocenters. The number of primary amides is 1. The summed E-state index contributed by atoms with van der Waals surface area (Å²) in [5, 5.41) is 12.4. The number of benzene rings is 1. The Morgan fingerprint density at radius 3 is 2.37 bits per heavy atom. The summed E-state index contributed by atoms with van der Waals surface area (Å²) >= 11 is 0. The summed E-state index contributed by atoms with van der Waals surface area (Å²) < 4.78 is 0. The minimum Gasteiger partial charge on any atom is -0.508 e. The van der Waals surface area contributed by atoms with Gasteiger partial charge in [0.05, 0.1) is 0 Å². The van der Waals surface area contributed by atoms with E-state index in [2.05, 4.69) is 24.1 Å². The predicted octanol–water partition coefficient (Wildman–Crippen LogP) is 0.850. The molecule has 1 aromatic carbocycles. The van der Waals surface area contributed by atoms with Gasteiger partial charge in [-0.2, -0.15) is 0 Å². The Balaban J connectivity index is 2.59. The van der Waals surface area contributed by atoms with Crippen molar-refractivity contribution in [1.29, 1.82) is 0 Å². The Labute approximate surface area is 114 Å². The number of phenols is 1. The summed E-state index contributed by atoms with van der Waals surface area (Å²) in [4.78, 5) is 13.7. The van der Waals surface area contributed by atoms with Crippen molar-refractivity contribution in [3.8, 4) is 5.75 Å². The second-order valence-corrected chi connectivity index (χ2v) is 4.41. The van der Waals surface area contributed by atoms with Gasteiger partial charge in [-0.3, -0.25) is 4.79 Å². The number of nitrogens with zero attached hydrogens (tertiary/aromatic N) is 1. The van der Waals surface area contributed by atoms with E-state index in [4.69, 9.17) is 5.73 Å². The molecular formula is C14H23N3O2. The number of likely N-dealkylation sites (N-methyl/N-ethyl adjacent to an activating group) is 1. The fourth-order valence-corrected chi connectivity index (χ4v) is 1.96. The van der Waals surface area contributed by atoms with E-state index in [1.54, 1.807) is 24.3 Å². The van der Waals surface area contributed by atoms with Crippen LogP contribution >= 0.6 is 0 Å². The van der Waals surface area contributed by atoms with Crippen LogP contribution < -0.4 is 11.1 Å². The van der Waals surface area contributed by atoms with Crippen molar-refractivity contribution in [3.05, 3.63) is 29.8 Å². The summed E-state index contributed by atoms with van der Waals surface area (Å²) in [7, 11) is 0. The van der Waals surface area contributed by atoms with Gasteiger partial charge in [0.15, 0.2) is 0 Å². The Morgan fingerprint density at radius 1 is 1.32 bits per heavy atom. The van der Waals surface area contributed by atoms with Crippen LogP contribution in [0.2, 0.25) is 0 Å². The quantitative estimate of drug-likeness (QED) is 0.651. The van der Waals surface area contributed by atoms with Crippen molar-refractivity contribution in [2.75, 3.05) is 26.2 Å². The average molecular weight is 265 g/mol. The highest BCUT2D eigenvalue weighted by Gasteiger charge is 2.16. The normalized spacial score (nSPS) is 12.6. The minimum absolute atomic E-state index is 0.176. The standard InChI is InChI=1S/C14H23N3O2/c1-3-17(4-2)10-9-16-13(14(15)19)11-5-7-12(18)8-6-11/h5-8,13,16,18H,3-4,9-10H2,1-2H3,(H2,15,19). The van der Waals surface area contributed by atoms with Crippen molar-refractivity contribution in [3.63, 3.8) is 0 Å². The van der Waals surface area contributed by atoms with Crippen LogP contribution in [-0.2, 0) is 4.79 Å². The predicted molar refractivity (Wildman–Crippen MR) is 75.8 cm³/mol.